The molecule has 0 bridgehead atoms. The number of rotatable bonds is 2. The van der Waals surface area contributed by atoms with Crippen molar-refractivity contribution in [2.75, 3.05) is 19.7 Å². The van der Waals surface area contributed by atoms with Crippen LogP contribution in [0.25, 0.3) is 0 Å². The molecule has 2 aliphatic heterocycles. The summed E-state index contributed by atoms with van der Waals surface area (Å²) >= 11 is 0. The topological polar surface area (TPSA) is 29.5 Å². The summed E-state index contributed by atoms with van der Waals surface area (Å²) in [5, 5.41) is 0. The Labute approximate surface area is 110 Å². The molecule has 0 saturated carbocycles. The van der Waals surface area contributed by atoms with E-state index in [1.54, 1.807) is 0 Å². The fourth-order valence-corrected chi connectivity index (χ4v) is 2.52. The second-order valence-corrected chi connectivity index (χ2v) is 6.31. The Bertz CT molecular complexity index is 372. The van der Waals surface area contributed by atoms with E-state index in [2.05, 4.69) is 37.5 Å². The molecule has 100 valence electrons. The largest absolute Gasteiger partial charge is 0.367 e. The maximum absolute atomic E-state index is 12.0. The molecule has 0 aromatic rings. The first-order chi connectivity index (χ1) is 8.46. The smallest absolute Gasteiger partial charge is 0.174 e. The molecular weight excluding hydrogens is 226 g/mol. The monoisotopic (exact) mass is 249 g/mol. The molecule has 18 heavy (non-hydrogen) atoms. The van der Waals surface area contributed by atoms with Gasteiger partial charge in [0.05, 0.1) is 13.0 Å². The van der Waals surface area contributed by atoms with Crippen LogP contribution in [0.15, 0.2) is 0 Å². The van der Waals surface area contributed by atoms with E-state index in [-0.39, 0.29) is 17.3 Å². The summed E-state index contributed by atoms with van der Waals surface area (Å²) in [5.41, 5.74) is -0.0340. The number of nitrogens with zero attached hydrogens (tertiary/aromatic N) is 1. The van der Waals surface area contributed by atoms with Crippen molar-refractivity contribution in [1.82, 2.24) is 4.90 Å². The van der Waals surface area contributed by atoms with E-state index in [1.807, 2.05) is 0 Å². The predicted molar refractivity (Wildman–Crippen MR) is 71.2 cm³/mol. The average molecular weight is 249 g/mol. The highest BCUT2D eigenvalue weighted by atomic mass is 16.5. The van der Waals surface area contributed by atoms with Crippen molar-refractivity contribution in [2.24, 2.45) is 5.41 Å². The van der Waals surface area contributed by atoms with E-state index in [0.717, 1.165) is 13.1 Å². The summed E-state index contributed by atoms with van der Waals surface area (Å²) in [6.45, 7) is 8.75. The standard InChI is InChI=1S/C15H23NO2/c1-15(2,3)8-4-7-13(17)14-10-16-9-5-6-12(16)11-18-14/h12,14H,5-7,9-11H2,1-3H3. The third-order valence-corrected chi connectivity index (χ3v) is 3.47. The molecule has 2 fully saturated rings. The molecule has 0 spiro atoms. The van der Waals surface area contributed by atoms with Gasteiger partial charge in [0.15, 0.2) is 5.78 Å². The van der Waals surface area contributed by atoms with Gasteiger partial charge in [0, 0.05) is 18.0 Å². The first-order valence-electron chi connectivity index (χ1n) is 6.84. The van der Waals surface area contributed by atoms with Crippen LogP contribution in [0.5, 0.6) is 0 Å². The number of Topliss-reactive ketones (excluding diaryl/α,β-unsaturated/α-hetero) is 1. The summed E-state index contributed by atoms with van der Waals surface area (Å²) in [7, 11) is 0. The van der Waals surface area contributed by atoms with Crippen LogP contribution in [0, 0.1) is 17.3 Å². The van der Waals surface area contributed by atoms with Gasteiger partial charge in [0.1, 0.15) is 6.10 Å². The zero-order valence-electron chi connectivity index (χ0n) is 11.7. The number of ketones is 1. The highest BCUT2D eigenvalue weighted by Gasteiger charge is 2.34. The molecule has 2 rings (SSSR count). The second-order valence-electron chi connectivity index (χ2n) is 6.31. The number of morpholine rings is 1. The van der Waals surface area contributed by atoms with Crippen LogP contribution in [0.4, 0.5) is 0 Å². The zero-order valence-corrected chi connectivity index (χ0v) is 11.7. The Hall–Kier alpha value is -0.850. The van der Waals surface area contributed by atoms with Crippen LogP contribution in [0.2, 0.25) is 0 Å². The lowest BCUT2D eigenvalue weighted by Crippen LogP contribution is -2.48. The van der Waals surface area contributed by atoms with E-state index in [4.69, 9.17) is 4.74 Å². The minimum atomic E-state index is -0.256. The molecule has 0 amide bonds. The summed E-state index contributed by atoms with van der Waals surface area (Å²) in [6, 6.07) is 0.551. The number of carbonyl (C=O) groups excluding carboxylic acids is 1. The normalized spacial score (nSPS) is 28.4. The van der Waals surface area contributed by atoms with Crippen LogP contribution >= 0.6 is 0 Å². The number of hydrogen-bond donors (Lipinski definition) is 0. The summed E-state index contributed by atoms with van der Waals surface area (Å²) < 4.78 is 5.68. The predicted octanol–water partition coefficient (Wildman–Crippen LogP) is 1.86. The summed E-state index contributed by atoms with van der Waals surface area (Å²) in [5.74, 6) is 6.22. The maximum Gasteiger partial charge on any atom is 0.174 e. The van der Waals surface area contributed by atoms with Gasteiger partial charge in [-0.15, -0.1) is 0 Å². The molecule has 0 aromatic heterocycles. The van der Waals surface area contributed by atoms with Crippen LogP contribution in [-0.2, 0) is 9.53 Å². The van der Waals surface area contributed by atoms with E-state index in [0.29, 0.717) is 19.1 Å². The molecule has 0 radical (unpaired) electrons. The lowest BCUT2D eigenvalue weighted by molar-refractivity contribution is -0.137. The highest BCUT2D eigenvalue weighted by Crippen LogP contribution is 2.23. The third kappa shape index (κ3) is 3.57. The Morgan fingerprint density at radius 3 is 2.94 bits per heavy atom. The first kappa shape index (κ1) is 13.6. The first-order valence-corrected chi connectivity index (χ1v) is 6.84. The minimum Gasteiger partial charge on any atom is -0.367 e. The Balaban J connectivity index is 1.84. The molecule has 3 heteroatoms. The molecule has 0 aliphatic carbocycles. The fraction of sp³-hybridized carbons (Fsp3) is 0.800. The van der Waals surface area contributed by atoms with E-state index in [1.165, 1.54) is 12.8 Å². The number of ether oxygens (including phenoxy) is 1. The van der Waals surface area contributed by atoms with Crippen LogP contribution in [0.1, 0.15) is 40.0 Å². The molecule has 3 nitrogen and oxygen atoms in total. The van der Waals surface area contributed by atoms with Gasteiger partial charge in [0.25, 0.3) is 0 Å². The lowest BCUT2D eigenvalue weighted by Gasteiger charge is -2.34. The molecule has 2 atom stereocenters. The van der Waals surface area contributed by atoms with Gasteiger partial charge in [-0.3, -0.25) is 9.69 Å². The van der Waals surface area contributed by atoms with Crippen molar-refractivity contribution in [3.05, 3.63) is 0 Å². The van der Waals surface area contributed by atoms with Gasteiger partial charge in [-0.1, -0.05) is 11.8 Å². The SMILES string of the molecule is CC(C)(C)C#CCC(=O)C1CN2CCCC2CO1. The zero-order chi connectivity index (χ0) is 13.2. The number of carbonyl (C=O) groups is 1. The second kappa shape index (κ2) is 5.42. The van der Waals surface area contributed by atoms with Crippen molar-refractivity contribution in [3.8, 4) is 11.8 Å². The summed E-state index contributed by atoms with van der Waals surface area (Å²) in [6.07, 6.45) is 2.51. The van der Waals surface area contributed by atoms with Crippen molar-refractivity contribution >= 4 is 5.78 Å². The Kier molecular flexibility index (Phi) is 4.09. The number of fused-ring (bicyclic) bond motifs is 1. The fourth-order valence-electron chi connectivity index (χ4n) is 2.52. The molecule has 2 saturated heterocycles. The minimum absolute atomic E-state index is 0.0340. The van der Waals surface area contributed by atoms with Crippen LogP contribution < -0.4 is 0 Å². The van der Waals surface area contributed by atoms with Gasteiger partial charge in [-0.05, 0) is 40.2 Å². The highest BCUT2D eigenvalue weighted by molar-refractivity contribution is 5.85. The quantitative estimate of drug-likeness (QED) is 0.700. The van der Waals surface area contributed by atoms with Gasteiger partial charge < -0.3 is 4.74 Å². The molecule has 2 heterocycles. The molecule has 2 unspecified atom stereocenters. The molecule has 2 aliphatic rings. The Morgan fingerprint density at radius 1 is 1.44 bits per heavy atom. The number of hydrogen-bond acceptors (Lipinski definition) is 3. The third-order valence-electron chi connectivity index (χ3n) is 3.47. The van der Waals surface area contributed by atoms with Crippen LogP contribution in [0.3, 0.4) is 0 Å². The van der Waals surface area contributed by atoms with Gasteiger partial charge in [-0.25, -0.2) is 0 Å². The molecule has 0 aromatic carbocycles. The van der Waals surface area contributed by atoms with Gasteiger partial charge in [0.2, 0.25) is 0 Å². The Morgan fingerprint density at radius 2 is 2.22 bits per heavy atom. The van der Waals surface area contributed by atoms with E-state index >= 15 is 0 Å². The van der Waals surface area contributed by atoms with Crippen molar-refractivity contribution in [3.63, 3.8) is 0 Å². The van der Waals surface area contributed by atoms with E-state index < -0.39 is 0 Å². The molecular formula is C15H23NO2. The average Bonchev–Trinajstić information content (AvgIpc) is 2.73. The van der Waals surface area contributed by atoms with Gasteiger partial charge in [-0.2, -0.15) is 0 Å². The van der Waals surface area contributed by atoms with Crippen LogP contribution in [-0.4, -0.2) is 42.5 Å². The van der Waals surface area contributed by atoms with E-state index in [9.17, 15) is 4.79 Å². The molecule has 0 N–H and O–H groups in total. The van der Waals surface area contributed by atoms with Crippen molar-refractivity contribution in [1.29, 1.82) is 0 Å². The lowest BCUT2D eigenvalue weighted by atomic mass is 9.97. The maximum atomic E-state index is 12.0. The summed E-state index contributed by atoms with van der Waals surface area (Å²) in [4.78, 5) is 14.4. The van der Waals surface area contributed by atoms with Gasteiger partial charge >= 0.3 is 0 Å². The van der Waals surface area contributed by atoms with Crippen molar-refractivity contribution < 1.29 is 9.53 Å². The van der Waals surface area contributed by atoms with Crippen molar-refractivity contribution in [2.45, 2.75) is 52.2 Å².